The van der Waals surface area contributed by atoms with E-state index in [4.69, 9.17) is 11.6 Å². The molecule has 0 N–H and O–H groups in total. The van der Waals surface area contributed by atoms with Crippen molar-refractivity contribution in [1.82, 2.24) is 9.97 Å². The van der Waals surface area contributed by atoms with E-state index in [0.717, 1.165) is 18.7 Å². The first-order valence-corrected chi connectivity index (χ1v) is 8.15. The highest BCUT2D eigenvalue weighted by atomic mass is 35.5. The lowest BCUT2D eigenvalue weighted by Crippen LogP contribution is -2.37. The fraction of sp³-hybridized carbons (Fsp3) is 0.353. The summed E-state index contributed by atoms with van der Waals surface area (Å²) in [5.41, 5.74) is -0.495. The Balaban J connectivity index is 1.70. The Kier molecular flexibility index (Phi) is 4.94. The Morgan fingerprint density at radius 3 is 2.60 bits per heavy atom. The van der Waals surface area contributed by atoms with E-state index in [0.29, 0.717) is 29.5 Å². The molecule has 3 rings (SSSR count). The Morgan fingerprint density at radius 2 is 2.00 bits per heavy atom. The molecule has 1 aliphatic rings. The molecule has 4 nitrogen and oxygen atoms in total. The fourth-order valence-electron chi connectivity index (χ4n) is 2.91. The number of aromatic nitrogens is 2. The third kappa shape index (κ3) is 4.10. The molecule has 8 heteroatoms. The molecule has 2 aromatic rings. The number of pyridine rings is 2. The van der Waals surface area contributed by atoms with E-state index in [1.165, 1.54) is 12.3 Å². The molecular formula is C17H15ClF3N3O. The highest BCUT2D eigenvalue weighted by Crippen LogP contribution is 2.29. The second-order valence-corrected chi connectivity index (χ2v) is 6.30. The van der Waals surface area contributed by atoms with Gasteiger partial charge >= 0.3 is 6.18 Å². The zero-order valence-electron chi connectivity index (χ0n) is 13.1. The molecule has 0 bridgehead atoms. The van der Waals surface area contributed by atoms with E-state index in [1.807, 2.05) is 4.90 Å². The number of anilines is 1. The van der Waals surface area contributed by atoms with E-state index < -0.39 is 11.7 Å². The third-order valence-corrected chi connectivity index (χ3v) is 4.36. The first kappa shape index (κ1) is 17.7. The predicted molar refractivity (Wildman–Crippen MR) is 87.6 cm³/mol. The summed E-state index contributed by atoms with van der Waals surface area (Å²) in [6.07, 6.45) is -0.625. The number of ketones is 1. The second kappa shape index (κ2) is 7.00. The van der Waals surface area contributed by atoms with E-state index in [-0.39, 0.29) is 18.2 Å². The summed E-state index contributed by atoms with van der Waals surface area (Å²) in [4.78, 5) is 22.5. The number of hydrogen-bond donors (Lipinski definition) is 0. The van der Waals surface area contributed by atoms with Gasteiger partial charge in [-0.15, -0.1) is 0 Å². The minimum atomic E-state index is -4.43. The summed E-state index contributed by atoms with van der Waals surface area (Å²) in [5, 5.41) is 0.514. The van der Waals surface area contributed by atoms with Crippen molar-refractivity contribution >= 4 is 23.2 Å². The van der Waals surface area contributed by atoms with Crippen LogP contribution in [0.5, 0.6) is 0 Å². The van der Waals surface area contributed by atoms with Crippen molar-refractivity contribution in [2.24, 2.45) is 0 Å². The summed E-state index contributed by atoms with van der Waals surface area (Å²) in [6.45, 7) is 0.700. The number of carbonyl (C=O) groups excluding carboxylic acids is 1. The van der Waals surface area contributed by atoms with Crippen LogP contribution in [0.4, 0.5) is 19.0 Å². The molecule has 0 spiro atoms. The zero-order valence-corrected chi connectivity index (χ0v) is 13.9. The lowest BCUT2D eigenvalue weighted by Gasteiger charge is -2.24. The number of rotatable bonds is 4. The number of halogens is 4. The molecule has 0 radical (unpaired) electrons. The highest BCUT2D eigenvalue weighted by molar-refractivity contribution is 6.30. The van der Waals surface area contributed by atoms with Gasteiger partial charge in [-0.05, 0) is 37.1 Å². The van der Waals surface area contributed by atoms with E-state index in [1.54, 1.807) is 12.1 Å². The van der Waals surface area contributed by atoms with Crippen LogP contribution >= 0.6 is 11.6 Å². The molecule has 132 valence electrons. The van der Waals surface area contributed by atoms with Crippen molar-refractivity contribution in [1.29, 1.82) is 0 Å². The molecule has 0 saturated carbocycles. The van der Waals surface area contributed by atoms with Gasteiger partial charge in [0.15, 0.2) is 5.78 Å². The quantitative estimate of drug-likeness (QED) is 0.819. The normalized spacial score (nSPS) is 17.8. The summed E-state index contributed by atoms with van der Waals surface area (Å²) in [5.74, 6) is 0.585. The summed E-state index contributed by atoms with van der Waals surface area (Å²) in [6, 6.07) is 5.31. The van der Waals surface area contributed by atoms with Crippen LogP contribution < -0.4 is 4.90 Å². The molecule has 2 aromatic heterocycles. The smallest absolute Gasteiger partial charge is 0.347 e. The maximum Gasteiger partial charge on any atom is 0.417 e. The maximum absolute atomic E-state index is 12.6. The molecule has 1 saturated heterocycles. The average Bonchev–Trinajstić information content (AvgIpc) is 3.05. The summed E-state index contributed by atoms with van der Waals surface area (Å²) in [7, 11) is 0. The number of carbonyl (C=O) groups is 1. The molecule has 1 aliphatic heterocycles. The molecule has 0 aromatic carbocycles. The Hall–Kier alpha value is -2.15. The van der Waals surface area contributed by atoms with Gasteiger partial charge in [-0.1, -0.05) is 11.6 Å². The zero-order chi connectivity index (χ0) is 18.0. The Labute approximate surface area is 147 Å². The van der Waals surface area contributed by atoms with Gasteiger partial charge in [0.2, 0.25) is 0 Å². The SMILES string of the molecule is O=C(Cc1ccc(C(F)(F)F)cn1)[C@@H]1CCCN1c1ccc(Cl)cn1. The maximum atomic E-state index is 12.6. The van der Waals surface area contributed by atoms with Gasteiger partial charge in [-0.3, -0.25) is 9.78 Å². The lowest BCUT2D eigenvalue weighted by atomic mass is 10.0. The third-order valence-electron chi connectivity index (χ3n) is 4.14. The van der Waals surface area contributed by atoms with E-state index in [2.05, 4.69) is 9.97 Å². The van der Waals surface area contributed by atoms with Crippen LogP contribution in [0.2, 0.25) is 5.02 Å². The molecule has 25 heavy (non-hydrogen) atoms. The largest absolute Gasteiger partial charge is 0.417 e. The molecule has 1 atom stereocenters. The van der Waals surface area contributed by atoms with Crippen LogP contribution in [0.25, 0.3) is 0 Å². The Morgan fingerprint density at radius 1 is 1.20 bits per heavy atom. The van der Waals surface area contributed by atoms with Gasteiger partial charge in [-0.2, -0.15) is 13.2 Å². The predicted octanol–water partition coefficient (Wildman–Crippen LogP) is 3.93. The van der Waals surface area contributed by atoms with Crippen LogP contribution in [-0.4, -0.2) is 28.3 Å². The van der Waals surface area contributed by atoms with E-state index >= 15 is 0 Å². The second-order valence-electron chi connectivity index (χ2n) is 5.87. The molecule has 1 fully saturated rings. The molecular weight excluding hydrogens is 355 g/mol. The number of alkyl halides is 3. The van der Waals surface area contributed by atoms with Crippen LogP contribution in [0, 0.1) is 0 Å². The van der Waals surface area contributed by atoms with Crippen molar-refractivity contribution in [2.45, 2.75) is 31.5 Å². The molecule has 3 heterocycles. The first-order valence-electron chi connectivity index (χ1n) is 7.77. The van der Waals surface area contributed by atoms with Crippen molar-refractivity contribution in [3.8, 4) is 0 Å². The van der Waals surface area contributed by atoms with Crippen molar-refractivity contribution in [3.63, 3.8) is 0 Å². The number of nitrogens with zero attached hydrogens (tertiary/aromatic N) is 3. The van der Waals surface area contributed by atoms with Crippen LogP contribution in [0.15, 0.2) is 36.7 Å². The average molecular weight is 370 g/mol. The van der Waals surface area contributed by atoms with Crippen molar-refractivity contribution in [2.75, 3.05) is 11.4 Å². The van der Waals surface area contributed by atoms with Crippen molar-refractivity contribution < 1.29 is 18.0 Å². The van der Waals surface area contributed by atoms with Crippen LogP contribution in [-0.2, 0) is 17.4 Å². The fourth-order valence-corrected chi connectivity index (χ4v) is 3.02. The van der Waals surface area contributed by atoms with Gasteiger partial charge in [0, 0.05) is 24.6 Å². The van der Waals surface area contributed by atoms with Crippen LogP contribution in [0.3, 0.4) is 0 Å². The van der Waals surface area contributed by atoms with Crippen LogP contribution in [0.1, 0.15) is 24.1 Å². The highest BCUT2D eigenvalue weighted by Gasteiger charge is 2.33. The Bertz CT molecular complexity index is 747. The standard InChI is InChI=1S/C17H15ClF3N3O/c18-12-4-6-16(23-10-12)24-7-1-2-14(24)15(25)8-13-5-3-11(9-22-13)17(19,20)21/h3-6,9-10,14H,1-2,7-8H2/t14-/m0/s1. The topological polar surface area (TPSA) is 46.1 Å². The van der Waals surface area contributed by atoms with Gasteiger partial charge < -0.3 is 4.90 Å². The van der Waals surface area contributed by atoms with Gasteiger partial charge in [0.25, 0.3) is 0 Å². The minimum absolute atomic E-state index is 0.00705. The molecule has 0 aliphatic carbocycles. The first-order chi connectivity index (χ1) is 11.8. The van der Waals surface area contributed by atoms with Gasteiger partial charge in [-0.25, -0.2) is 4.98 Å². The number of Topliss-reactive ketones (excluding diaryl/α,β-unsaturated/α-hetero) is 1. The van der Waals surface area contributed by atoms with Gasteiger partial charge in [0.1, 0.15) is 5.82 Å². The monoisotopic (exact) mass is 369 g/mol. The molecule has 0 amide bonds. The lowest BCUT2D eigenvalue weighted by molar-refractivity contribution is -0.137. The van der Waals surface area contributed by atoms with E-state index in [9.17, 15) is 18.0 Å². The number of hydrogen-bond acceptors (Lipinski definition) is 4. The molecule has 0 unspecified atom stereocenters. The minimum Gasteiger partial charge on any atom is -0.347 e. The van der Waals surface area contributed by atoms with Crippen molar-refractivity contribution in [3.05, 3.63) is 52.9 Å². The summed E-state index contributed by atoms with van der Waals surface area (Å²) < 4.78 is 37.7. The summed E-state index contributed by atoms with van der Waals surface area (Å²) >= 11 is 5.83. The van der Waals surface area contributed by atoms with Gasteiger partial charge in [0.05, 0.1) is 23.0 Å².